The van der Waals surface area contributed by atoms with Gasteiger partial charge in [0.15, 0.2) is 0 Å². The maximum Gasteiger partial charge on any atom is 0.506 e. The Bertz CT molecular complexity index is 131. The molecule has 0 aromatic heterocycles. The molecule has 0 bridgehead atoms. The third kappa shape index (κ3) is 2.86. The van der Waals surface area contributed by atoms with Crippen LogP contribution in [0.25, 0.3) is 0 Å². The lowest BCUT2D eigenvalue weighted by atomic mass is 10.1. The van der Waals surface area contributed by atoms with Crippen LogP contribution < -0.4 is 0 Å². The normalized spacial score (nSPS) is 14.7. The molecule has 0 aliphatic carbocycles. The standard InChI is InChI=1S/C6H14O3Si/c1-4(10)6(2,3)9-5(7)8/h4H,1-3,10H3,(H,7,8). The zero-order valence-corrected chi connectivity index (χ0v) is 8.84. The molecule has 0 radical (unpaired) electrons. The van der Waals surface area contributed by atoms with Crippen molar-refractivity contribution >= 4 is 16.4 Å². The molecule has 0 aliphatic rings. The van der Waals surface area contributed by atoms with Crippen molar-refractivity contribution in [3.05, 3.63) is 0 Å². The molecule has 0 saturated carbocycles. The SMILES string of the molecule is CC([SiH3])C(C)(C)OC(=O)O. The predicted octanol–water partition coefficient (Wildman–Crippen LogP) is 0.633. The van der Waals surface area contributed by atoms with Gasteiger partial charge in [0.25, 0.3) is 0 Å². The van der Waals surface area contributed by atoms with Crippen LogP contribution in [-0.4, -0.2) is 27.1 Å². The summed E-state index contributed by atoms with van der Waals surface area (Å²) in [6, 6.07) is 0. The molecule has 1 unspecified atom stereocenters. The van der Waals surface area contributed by atoms with Crippen molar-refractivity contribution in [2.45, 2.75) is 31.9 Å². The Balaban J connectivity index is 3.99. The zero-order valence-electron chi connectivity index (χ0n) is 6.84. The van der Waals surface area contributed by atoms with E-state index >= 15 is 0 Å². The lowest BCUT2D eigenvalue weighted by Gasteiger charge is -2.27. The van der Waals surface area contributed by atoms with Gasteiger partial charge in [-0.25, -0.2) is 4.79 Å². The molecule has 10 heavy (non-hydrogen) atoms. The Hall–Kier alpha value is -0.513. The molecule has 1 N–H and O–H groups in total. The average Bonchev–Trinajstić information content (AvgIpc) is 1.60. The van der Waals surface area contributed by atoms with Crippen LogP contribution in [0.5, 0.6) is 0 Å². The zero-order chi connectivity index (χ0) is 8.36. The first-order valence-electron chi connectivity index (χ1n) is 3.28. The Morgan fingerprint density at radius 2 is 2.10 bits per heavy atom. The van der Waals surface area contributed by atoms with Gasteiger partial charge in [0, 0.05) is 10.2 Å². The Labute approximate surface area is 63.8 Å². The van der Waals surface area contributed by atoms with E-state index in [-0.39, 0.29) is 0 Å². The molecule has 0 heterocycles. The Morgan fingerprint density at radius 3 is 2.20 bits per heavy atom. The summed E-state index contributed by atoms with van der Waals surface area (Å²) in [4.78, 5) is 10.1. The molecule has 1 atom stereocenters. The summed E-state index contributed by atoms with van der Waals surface area (Å²) < 4.78 is 4.65. The van der Waals surface area contributed by atoms with Crippen LogP contribution in [0.4, 0.5) is 4.79 Å². The molecule has 4 heteroatoms. The third-order valence-electron chi connectivity index (χ3n) is 1.74. The van der Waals surface area contributed by atoms with Crippen LogP contribution in [0.15, 0.2) is 0 Å². The number of hydrogen-bond acceptors (Lipinski definition) is 2. The van der Waals surface area contributed by atoms with E-state index in [4.69, 9.17) is 5.11 Å². The molecule has 0 fully saturated rings. The molecular formula is C6H14O3Si. The molecule has 0 saturated heterocycles. The second-order valence-corrected chi connectivity index (χ2v) is 4.86. The summed E-state index contributed by atoms with van der Waals surface area (Å²) in [6.45, 7) is 5.56. The highest BCUT2D eigenvalue weighted by molar-refractivity contribution is 6.12. The Kier molecular flexibility index (Phi) is 2.89. The number of hydrogen-bond donors (Lipinski definition) is 1. The molecule has 60 valence electrons. The molecule has 0 aromatic carbocycles. The summed E-state index contributed by atoms with van der Waals surface area (Å²) in [5.41, 5.74) is -0.179. The number of rotatable bonds is 2. The van der Waals surface area contributed by atoms with Crippen LogP contribution in [0.3, 0.4) is 0 Å². The first-order chi connectivity index (χ1) is 4.36. The molecular weight excluding hydrogens is 148 g/mol. The van der Waals surface area contributed by atoms with Gasteiger partial charge < -0.3 is 9.84 Å². The molecule has 0 aliphatic heterocycles. The number of ether oxygens (including phenoxy) is 1. The molecule has 3 nitrogen and oxygen atoms in total. The summed E-state index contributed by atoms with van der Waals surface area (Å²) in [5, 5.41) is 8.29. The summed E-state index contributed by atoms with van der Waals surface area (Å²) in [7, 11) is 0.944. The monoisotopic (exact) mass is 162 g/mol. The van der Waals surface area contributed by atoms with Gasteiger partial charge in [-0.15, -0.1) is 0 Å². The molecule has 0 aromatic rings. The van der Waals surface area contributed by atoms with E-state index < -0.39 is 11.8 Å². The van der Waals surface area contributed by atoms with Crippen molar-refractivity contribution in [2.24, 2.45) is 0 Å². The minimum absolute atomic E-state index is 0.337. The van der Waals surface area contributed by atoms with E-state index in [2.05, 4.69) is 4.74 Å². The van der Waals surface area contributed by atoms with Crippen LogP contribution in [-0.2, 0) is 4.74 Å². The van der Waals surface area contributed by atoms with Gasteiger partial charge in [0.05, 0.1) is 0 Å². The predicted molar refractivity (Wildman–Crippen MR) is 42.6 cm³/mol. The van der Waals surface area contributed by atoms with Crippen LogP contribution in [0.2, 0.25) is 5.54 Å². The van der Waals surface area contributed by atoms with E-state index in [0.717, 1.165) is 10.2 Å². The quantitative estimate of drug-likeness (QED) is 0.478. The maximum atomic E-state index is 10.1. The largest absolute Gasteiger partial charge is 0.506 e. The van der Waals surface area contributed by atoms with Gasteiger partial charge >= 0.3 is 6.16 Å². The number of carboxylic acid groups (broad SMARTS) is 1. The van der Waals surface area contributed by atoms with E-state index in [0.29, 0.717) is 5.54 Å². The molecule has 0 rings (SSSR count). The van der Waals surface area contributed by atoms with Gasteiger partial charge in [-0.3, -0.25) is 0 Å². The fourth-order valence-electron chi connectivity index (χ4n) is 0.343. The van der Waals surface area contributed by atoms with Crippen molar-refractivity contribution in [2.75, 3.05) is 0 Å². The van der Waals surface area contributed by atoms with E-state index in [1.807, 2.05) is 6.92 Å². The smallest absolute Gasteiger partial charge is 0.450 e. The minimum atomic E-state index is -1.19. The lowest BCUT2D eigenvalue weighted by Crippen LogP contribution is -2.31. The summed E-state index contributed by atoms with van der Waals surface area (Å²) in [5.74, 6) is 0. The van der Waals surface area contributed by atoms with E-state index in [1.165, 1.54) is 0 Å². The second kappa shape index (κ2) is 3.05. The van der Waals surface area contributed by atoms with Crippen molar-refractivity contribution < 1.29 is 14.6 Å². The van der Waals surface area contributed by atoms with E-state index in [1.54, 1.807) is 13.8 Å². The summed E-state index contributed by atoms with van der Waals surface area (Å²) in [6.07, 6.45) is -1.19. The summed E-state index contributed by atoms with van der Waals surface area (Å²) >= 11 is 0. The van der Waals surface area contributed by atoms with Gasteiger partial charge in [-0.2, -0.15) is 0 Å². The van der Waals surface area contributed by atoms with Gasteiger partial charge in [-0.05, 0) is 19.4 Å². The number of carbonyl (C=O) groups is 1. The van der Waals surface area contributed by atoms with Crippen molar-refractivity contribution in [1.29, 1.82) is 0 Å². The Morgan fingerprint density at radius 1 is 1.70 bits per heavy atom. The van der Waals surface area contributed by atoms with Crippen molar-refractivity contribution in [3.63, 3.8) is 0 Å². The fraction of sp³-hybridized carbons (Fsp3) is 0.833. The van der Waals surface area contributed by atoms with E-state index in [9.17, 15) is 4.79 Å². The maximum absolute atomic E-state index is 10.1. The van der Waals surface area contributed by atoms with Crippen LogP contribution >= 0.6 is 0 Å². The second-order valence-electron chi connectivity index (χ2n) is 3.13. The van der Waals surface area contributed by atoms with Gasteiger partial charge in [0.2, 0.25) is 0 Å². The van der Waals surface area contributed by atoms with Gasteiger partial charge in [-0.1, -0.05) is 6.92 Å². The molecule has 0 amide bonds. The average molecular weight is 162 g/mol. The topological polar surface area (TPSA) is 46.5 Å². The lowest BCUT2D eigenvalue weighted by molar-refractivity contribution is 0.00242. The van der Waals surface area contributed by atoms with Crippen LogP contribution in [0, 0.1) is 0 Å². The van der Waals surface area contributed by atoms with Crippen molar-refractivity contribution in [1.82, 2.24) is 0 Å². The highest BCUT2D eigenvalue weighted by Gasteiger charge is 2.26. The van der Waals surface area contributed by atoms with Gasteiger partial charge in [0.1, 0.15) is 5.60 Å². The fourth-order valence-corrected chi connectivity index (χ4v) is 0.461. The highest BCUT2D eigenvalue weighted by Crippen LogP contribution is 2.22. The van der Waals surface area contributed by atoms with Crippen molar-refractivity contribution in [3.8, 4) is 0 Å². The first-order valence-corrected chi connectivity index (χ1v) is 4.43. The first kappa shape index (κ1) is 9.49. The van der Waals surface area contributed by atoms with Crippen LogP contribution in [0.1, 0.15) is 20.8 Å². The minimum Gasteiger partial charge on any atom is -0.450 e. The molecule has 0 spiro atoms. The highest BCUT2D eigenvalue weighted by atomic mass is 28.1. The third-order valence-corrected chi connectivity index (χ3v) is 3.13.